The van der Waals surface area contributed by atoms with Gasteiger partial charge in [-0.05, 0) is 11.6 Å². The van der Waals surface area contributed by atoms with Crippen LogP contribution in [0.2, 0.25) is 0 Å². The first-order chi connectivity index (χ1) is 9.68. The molecule has 0 aliphatic carbocycles. The van der Waals surface area contributed by atoms with E-state index >= 15 is 0 Å². The normalized spacial score (nSPS) is 10.6. The molecule has 0 bridgehead atoms. The number of carboxylic acids is 1. The molecule has 1 aromatic heterocycles. The molecule has 0 spiro atoms. The third kappa shape index (κ3) is 1.87. The summed E-state index contributed by atoms with van der Waals surface area (Å²) in [7, 11) is 0. The Balaban J connectivity index is 2.52. The van der Waals surface area contributed by atoms with Crippen molar-refractivity contribution in [3.63, 3.8) is 0 Å². The van der Waals surface area contributed by atoms with E-state index in [4.69, 9.17) is 0 Å². The first kappa shape index (κ1) is 12.2. The molecule has 20 heavy (non-hydrogen) atoms. The molecular weight excluding hydrogens is 254 g/mol. The molecule has 2 N–H and O–H groups in total. The summed E-state index contributed by atoms with van der Waals surface area (Å²) in [5.74, 6) is -1.23. The molecule has 4 nitrogen and oxygen atoms in total. The Morgan fingerprint density at radius 1 is 0.950 bits per heavy atom. The lowest BCUT2D eigenvalue weighted by atomic mass is 9.96. The first-order valence-corrected chi connectivity index (χ1v) is 6.12. The van der Waals surface area contributed by atoms with E-state index in [0.29, 0.717) is 16.6 Å². The Morgan fingerprint density at radius 2 is 1.60 bits per heavy atom. The van der Waals surface area contributed by atoms with Gasteiger partial charge in [0.2, 0.25) is 0 Å². The predicted molar refractivity (Wildman–Crippen MR) is 77.0 cm³/mol. The number of H-pyrrole nitrogens is 1. The smallest absolute Gasteiger partial charge is 0.342 e. The van der Waals surface area contributed by atoms with Crippen LogP contribution in [0.4, 0.5) is 0 Å². The van der Waals surface area contributed by atoms with Crippen LogP contribution in [0.25, 0.3) is 22.0 Å². The van der Waals surface area contributed by atoms with Gasteiger partial charge in [-0.3, -0.25) is 4.79 Å². The molecule has 3 rings (SSSR count). The third-order valence-corrected chi connectivity index (χ3v) is 3.20. The number of aromatic amines is 1. The summed E-state index contributed by atoms with van der Waals surface area (Å²) in [5.41, 5.74) is 0.982. The van der Waals surface area contributed by atoms with E-state index in [1.165, 1.54) is 0 Å². The van der Waals surface area contributed by atoms with Gasteiger partial charge in [0.25, 0.3) is 5.56 Å². The molecule has 1 heterocycles. The molecular formula is C16H11NO3. The second-order valence-corrected chi connectivity index (χ2v) is 4.42. The Hall–Kier alpha value is -2.88. The minimum absolute atomic E-state index is 0.227. The zero-order valence-electron chi connectivity index (χ0n) is 10.5. The summed E-state index contributed by atoms with van der Waals surface area (Å²) in [6, 6.07) is 16.3. The number of carboxylic acid groups (broad SMARTS) is 1. The number of hydrogen-bond acceptors (Lipinski definition) is 2. The van der Waals surface area contributed by atoms with Crippen molar-refractivity contribution in [3.8, 4) is 11.1 Å². The summed E-state index contributed by atoms with van der Waals surface area (Å²) in [6.45, 7) is 0. The Bertz CT molecular complexity index is 850. The number of hydrogen-bond donors (Lipinski definition) is 2. The number of aromatic carboxylic acids is 1. The van der Waals surface area contributed by atoms with Crippen LogP contribution in [-0.2, 0) is 0 Å². The van der Waals surface area contributed by atoms with Gasteiger partial charge in [-0.15, -0.1) is 0 Å². The van der Waals surface area contributed by atoms with Crippen molar-refractivity contribution in [1.82, 2.24) is 4.98 Å². The van der Waals surface area contributed by atoms with Gasteiger partial charge >= 0.3 is 5.97 Å². The predicted octanol–water partition coefficient (Wildman–Crippen LogP) is 2.89. The number of fused-ring (bicyclic) bond motifs is 1. The highest BCUT2D eigenvalue weighted by molar-refractivity contribution is 6.05. The molecule has 0 saturated heterocycles. The summed E-state index contributed by atoms with van der Waals surface area (Å²) in [6.07, 6.45) is 0. The zero-order valence-corrected chi connectivity index (χ0v) is 10.5. The average molecular weight is 265 g/mol. The van der Waals surface area contributed by atoms with E-state index < -0.39 is 11.5 Å². The molecule has 0 amide bonds. The van der Waals surface area contributed by atoms with Gasteiger partial charge in [-0.2, -0.15) is 0 Å². The average Bonchev–Trinajstić information content (AvgIpc) is 2.46. The second-order valence-electron chi connectivity index (χ2n) is 4.42. The van der Waals surface area contributed by atoms with Gasteiger partial charge in [-0.1, -0.05) is 48.5 Å². The monoisotopic (exact) mass is 265 g/mol. The van der Waals surface area contributed by atoms with Crippen LogP contribution in [0.5, 0.6) is 0 Å². The first-order valence-electron chi connectivity index (χ1n) is 6.12. The van der Waals surface area contributed by atoms with Gasteiger partial charge in [0.15, 0.2) is 0 Å². The Morgan fingerprint density at radius 3 is 2.30 bits per heavy atom. The van der Waals surface area contributed by atoms with Gasteiger partial charge in [0.1, 0.15) is 5.56 Å². The maximum absolute atomic E-state index is 12.0. The van der Waals surface area contributed by atoms with Crippen LogP contribution in [0, 0.1) is 0 Å². The van der Waals surface area contributed by atoms with Crippen molar-refractivity contribution in [2.75, 3.05) is 0 Å². The summed E-state index contributed by atoms with van der Waals surface area (Å²) in [4.78, 5) is 26.1. The van der Waals surface area contributed by atoms with E-state index in [1.54, 1.807) is 30.3 Å². The van der Waals surface area contributed by atoms with Crippen LogP contribution in [0.1, 0.15) is 10.4 Å². The molecule has 98 valence electrons. The maximum Gasteiger partial charge on any atom is 0.342 e. The molecule has 2 aromatic carbocycles. The SMILES string of the molecule is O=C(O)c1c(-c2ccccc2)c2ccccc2[nH]c1=O. The van der Waals surface area contributed by atoms with Crippen LogP contribution in [0.3, 0.4) is 0 Å². The molecule has 0 aliphatic rings. The molecule has 0 fully saturated rings. The fourth-order valence-electron chi connectivity index (χ4n) is 2.35. The lowest BCUT2D eigenvalue weighted by Crippen LogP contribution is -2.19. The summed E-state index contributed by atoms with van der Waals surface area (Å²) < 4.78 is 0. The number of benzene rings is 2. The number of rotatable bonds is 2. The van der Waals surface area contributed by atoms with Crippen molar-refractivity contribution in [2.24, 2.45) is 0 Å². The van der Waals surface area contributed by atoms with Crippen molar-refractivity contribution in [3.05, 3.63) is 70.5 Å². The molecule has 0 unspecified atom stereocenters. The topological polar surface area (TPSA) is 70.2 Å². The van der Waals surface area contributed by atoms with E-state index in [1.807, 2.05) is 24.3 Å². The summed E-state index contributed by atoms with van der Waals surface area (Å²) >= 11 is 0. The van der Waals surface area contributed by atoms with Gasteiger partial charge < -0.3 is 10.1 Å². The largest absolute Gasteiger partial charge is 0.477 e. The highest BCUT2D eigenvalue weighted by Crippen LogP contribution is 2.29. The molecule has 4 heteroatoms. The van der Waals surface area contributed by atoms with Crippen molar-refractivity contribution < 1.29 is 9.90 Å². The Labute approximate surface area is 114 Å². The van der Waals surface area contributed by atoms with Crippen LogP contribution >= 0.6 is 0 Å². The minimum atomic E-state index is -1.23. The zero-order chi connectivity index (χ0) is 14.1. The number of aromatic nitrogens is 1. The fourth-order valence-corrected chi connectivity index (χ4v) is 2.35. The maximum atomic E-state index is 12.0. The standard InChI is InChI=1S/C16H11NO3/c18-15-14(16(19)20)13(10-6-2-1-3-7-10)11-8-4-5-9-12(11)17-15/h1-9H,(H,17,18)(H,19,20). The molecule has 0 aliphatic heterocycles. The highest BCUT2D eigenvalue weighted by Gasteiger charge is 2.19. The number of para-hydroxylation sites is 1. The van der Waals surface area contributed by atoms with E-state index in [2.05, 4.69) is 4.98 Å². The molecule has 3 aromatic rings. The van der Waals surface area contributed by atoms with Crippen molar-refractivity contribution in [2.45, 2.75) is 0 Å². The minimum Gasteiger partial charge on any atom is -0.477 e. The molecule has 0 radical (unpaired) electrons. The van der Waals surface area contributed by atoms with Gasteiger partial charge in [0.05, 0.1) is 0 Å². The fraction of sp³-hybridized carbons (Fsp3) is 0. The third-order valence-electron chi connectivity index (χ3n) is 3.20. The van der Waals surface area contributed by atoms with Crippen molar-refractivity contribution in [1.29, 1.82) is 0 Å². The van der Waals surface area contributed by atoms with E-state index in [0.717, 1.165) is 5.39 Å². The quantitative estimate of drug-likeness (QED) is 0.748. The van der Waals surface area contributed by atoms with Gasteiger partial charge in [-0.25, -0.2) is 4.79 Å². The number of nitrogens with one attached hydrogen (secondary N) is 1. The van der Waals surface area contributed by atoms with Crippen LogP contribution in [-0.4, -0.2) is 16.1 Å². The number of pyridine rings is 1. The van der Waals surface area contributed by atoms with Crippen LogP contribution in [0.15, 0.2) is 59.4 Å². The van der Waals surface area contributed by atoms with E-state index in [9.17, 15) is 14.7 Å². The van der Waals surface area contributed by atoms with Crippen molar-refractivity contribution >= 4 is 16.9 Å². The summed E-state index contributed by atoms with van der Waals surface area (Å²) in [5, 5.41) is 10.1. The van der Waals surface area contributed by atoms with Gasteiger partial charge in [0, 0.05) is 16.5 Å². The Kier molecular flexibility index (Phi) is 2.84. The molecule has 0 saturated carbocycles. The number of carbonyl (C=O) groups is 1. The highest BCUT2D eigenvalue weighted by atomic mass is 16.4. The lowest BCUT2D eigenvalue weighted by molar-refractivity contribution is 0.0696. The van der Waals surface area contributed by atoms with E-state index in [-0.39, 0.29) is 5.56 Å². The van der Waals surface area contributed by atoms with Crippen LogP contribution < -0.4 is 5.56 Å². The second kappa shape index (κ2) is 4.66. The lowest BCUT2D eigenvalue weighted by Gasteiger charge is -2.10. The molecule has 0 atom stereocenters.